The number of benzene rings is 1. The Bertz CT molecular complexity index is 727. The van der Waals surface area contributed by atoms with Gasteiger partial charge in [0.25, 0.3) is 10.1 Å². The van der Waals surface area contributed by atoms with Gasteiger partial charge in [-0.25, -0.2) is 0 Å². The molecule has 1 heterocycles. The maximum absolute atomic E-state index is 12.1. The highest BCUT2D eigenvalue weighted by Crippen LogP contribution is 2.23. The fourth-order valence-corrected chi connectivity index (χ4v) is 2.24. The van der Waals surface area contributed by atoms with Gasteiger partial charge in [-0.3, -0.25) is 14.3 Å². The number of aromatic nitrogens is 1. The lowest BCUT2D eigenvalue weighted by Gasteiger charge is -2.07. The fraction of sp³-hybridized carbons (Fsp3) is 0. The van der Waals surface area contributed by atoms with Crippen molar-refractivity contribution in [3.8, 4) is 0 Å². The number of ketones is 1. The monoisotopic (exact) mass is 278 g/mol. The van der Waals surface area contributed by atoms with Crippen LogP contribution in [0.4, 0.5) is 5.69 Å². The Morgan fingerprint density at radius 2 is 1.89 bits per heavy atom. The average molecular weight is 278 g/mol. The van der Waals surface area contributed by atoms with E-state index in [4.69, 9.17) is 10.3 Å². The van der Waals surface area contributed by atoms with Crippen molar-refractivity contribution in [2.75, 3.05) is 5.73 Å². The summed E-state index contributed by atoms with van der Waals surface area (Å²) < 4.78 is 31.2. The third-order valence-electron chi connectivity index (χ3n) is 2.49. The minimum Gasteiger partial charge on any atom is -0.397 e. The second-order valence-electron chi connectivity index (χ2n) is 3.74. The molecule has 0 amide bonds. The molecular formula is C12H10N2O4S. The van der Waals surface area contributed by atoms with E-state index < -0.39 is 20.8 Å². The van der Waals surface area contributed by atoms with Gasteiger partial charge in [-0.1, -0.05) is 12.1 Å². The van der Waals surface area contributed by atoms with Crippen LogP contribution < -0.4 is 5.73 Å². The first kappa shape index (κ1) is 13.2. The van der Waals surface area contributed by atoms with Crippen molar-refractivity contribution < 1.29 is 17.8 Å². The number of anilines is 1. The number of para-hydroxylation sites is 1. The van der Waals surface area contributed by atoms with E-state index in [-0.39, 0.29) is 16.9 Å². The van der Waals surface area contributed by atoms with Gasteiger partial charge in [-0.05, 0) is 24.3 Å². The maximum Gasteiger partial charge on any atom is 0.296 e. The highest BCUT2D eigenvalue weighted by Gasteiger charge is 2.20. The Kier molecular flexibility index (Phi) is 3.32. The number of hydrogen-bond acceptors (Lipinski definition) is 5. The number of nitrogens with two attached hydrogens (primary N) is 1. The lowest BCUT2D eigenvalue weighted by Crippen LogP contribution is -2.11. The van der Waals surface area contributed by atoms with Crippen LogP contribution in [0.2, 0.25) is 0 Å². The zero-order chi connectivity index (χ0) is 14.0. The van der Waals surface area contributed by atoms with Crippen molar-refractivity contribution in [2.24, 2.45) is 0 Å². The summed E-state index contributed by atoms with van der Waals surface area (Å²) in [6.45, 7) is 0. The van der Waals surface area contributed by atoms with Crippen LogP contribution in [0, 0.1) is 0 Å². The molecule has 7 heteroatoms. The highest BCUT2D eigenvalue weighted by atomic mass is 32.2. The predicted molar refractivity (Wildman–Crippen MR) is 68.3 cm³/mol. The Hall–Kier alpha value is -2.25. The Morgan fingerprint density at radius 3 is 2.47 bits per heavy atom. The smallest absolute Gasteiger partial charge is 0.296 e. The van der Waals surface area contributed by atoms with Crippen molar-refractivity contribution >= 4 is 21.6 Å². The summed E-state index contributed by atoms with van der Waals surface area (Å²) in [4.78, 5) is 15.5. The maximum atomic E-state index is 12.1. The quantitative estimate of drug-likeness (QED) is 0.495. The van der Waals surface area contributed by atoms with Crippen LogP contribution in [-0.2, 0) is 10.1 Å². The number of carbonyl (C=O) groups excluding carboxylic acids is 1. The summed E-state index contributed by atoms with van der Waals surface area (Å²) in [5, 5.41) is 0. The van der Waals surface area contributed by atoms with Gasteiger partial charge in [-0.15, -0.1) is 0 Å². The van der Waals surface area contributed by atoms with E-state index in [0.29, 0.717) is 0 Å². The third-order valence-corrected chi connectivity index (χ3v) is 3.40. The fourth-order valence-electron chi connectivity index (χ4n) is 1.60. The van der Waals surface area contributed by atoms with Gasteiger partial charge in [-0.2, -0.15) is 8.42 Å². The van der Waals surface area contributed by atoms with E-state index in [0.717, 1.165) is 6.07 Å². The van der Waals surface area contributed by atoms with Crippen molar-refractivity contribution in [1.29, 1.82) is 0 Å². The highest BCUT2D eigenvalue weighted by molar-refractivity contribution is 7.86. The normalized spacial score (nSPS) is 11.2. The molecule has 0 aliphatic carbocycles. The molecule has 0 aliphatic heterocycles. The second kappa shape index (κ2) is 4.79. The molecule has 0 spiro atoms. The van der Waals surface area contributed by atoms with E-state index in [1.165, 1.54) is 24.4 Å². The molecule has 0 aliphatic rings. The zero-order valence-electron chi connectivity index (χ0n) is 9.65. The molecule has 0 bridgehead atoms. The van der Waals surface area contributed by atoms with Crippen LogP contribution in [-0.4, -0.2) is 23.7 Å². The minimum atomic E-state index is -4.47. The van der Waals surface area contributed by atoms with Crippen molar-refractivity contribution in [2.45, 2.75) is 4.90 Å². The number of pyridine rings is 1. The summed E-state index contributed by atoms with van der Waals surface area (Å²) in [5.41, 5.74) is 5.45. The van der Waals surface area contributed by atoms with E-state index in [2.05, 4.69) is 4.98 Å². The molecule has 0 saturated carbocycles. The lowest BCUT2D eigenvalue weighted by molar-refractivity contribution is 0.103. The van der Waals surface area contributed by atoms with Crippen molar-refractivity contribution in [1.82, 2.24) is 4.98 Å². The van der Waals surface area contributed by atoms with Crippen LogP contribution in [0.1, 0.15) is 16.1 Å². The molecule has 98 valence electrons. The molecule has 19 heavy (non-hydrogen) atoms. The molecule has 0 atom stereocenters. The summed E-state index contributed by atoms with van der Waals surface area (Å²) in [6.07, 6.45) is 1.44. The van der Waals surface area contributed by atoms with Crippen LogP contribution >= 0.6 is 0 Å². The molecule has 1 aromatic carbocycles. The van der Waals surface area contributed by atoms with E-state index >= 15 is 0 Å². The third kappa shape index (κ3) is 2.61. The van der Waals surface area contributed by atoms with Crippen molar-refractivity contribution in [3.63, 3.8) is 0 Å². The van der Waals surface area contributed by atoms with E-state index in [9.17, 15) is 13.2 Å². The SMILES string of the molecule is Nc1c(C(=O)c2ccccn2)cccc1S(=O)(=O)O. The molecule has 1 aromatic heterocycles. The first-order valence-electron chi connectivity index (χ1n) is 5.23. The van der Waals surface area contributed by atoms with Gasteiger partial charge in [0.2, 0.25) is 5.78 Å². The Labute approximate surface area is 109 Å². The Morgan fingerprint density at radius 1 is 1.16 bits per heavy atom. The van der Waals surface area contributed by atoms with Crippen LogP contribution in [0.5, 0.6) is 0 Å². The standard InChI is InChI=1S/C12H10N2O4S/c13-11-8(4-3-6-10(11)19(16,17)18)12(15)9-5-1-2-7-14-9/h1-7H,13H2,(H,16,17,18). The molecule has 2 aromatic rings. The minimum absolute atomic E-state index is 0.0196. The van der Waals surface area contributed by atoms with Gasteiger partial charge in [0, 0.05) is 11.8 Å². The number of hydrogen-bond donors (Lipinski definition) is 2. The largest absolute Gasteiger partial charge is 0.397 e. The average Bonchev–Trinajstić information content (AvgIpc) is 2.38. The second-order valence-corrected chi connectivity index (χ2v) is 5.13. The van der Waals surface area contributed by atoms with E-state index in [1.54, 1.807) is 12.1 Å². The molecule has 2 rings (SSSR count). The number of nitrogen functional groups attached to an aromatic ring is 1. The summed E-state index contributed by atoms with van der Waals surface area (Å²) >= 11 is 0. The van der Waals surface area contributed by atoms with Gasteiger partial charge < -0.3 is 5.73 Å². The first-order chi connectivity index (χ1) is 8.91. The van der Waals surface area contributed by atoms with Gasteiger partial charge in [0.15, 0.2) is 0 Å². The van der Waals surface area contributed by atoms with Crippen LogP contribution in [0.3, 0.4) is 0 Å². The number of nitrogens with zero attached hydrogens (tertiary/aromatic N) is 1. The molecule has 0 radical (unpaired) electrons. The molecule has 3 N–H and O–H groups in total. The first-order valence-corrected chi connectivity index (χ1v) is 6.67. The molecule has 0 fully saturated rings. The molecule has 0 saturated heterocycles. The molecule has 6 nitrogen and oxygen atoms in total. The van der Waals surface area contributed by atoms with Crippen LogP contribution in [0.25, 0.3) is 0 Å². The van der Waals surface area contributed by atoms with Crippen LogP contribution in [0.15, 0.2) is 47.5 Å². The zero-order valence-corrected chi connectivity index (χ0v) is 10.5. The predicted octanol–water partition coefficient (Wildman–Crippen LogP) is 1.14. The van der Waals surface area contributed by atoms with Crippen molar-refractivity contribution in [3.05, 3.63) is 53.9 Å². The lowest BCUT2D eigenvalue weighted by atomic mass is 10.1. The Balaban J connectivity index is 2.57. The van der Waals surface area contributed by atoms with Gasteiger partial charge >= 0.3 is 0 Å². The topological polar surface area (TPSA) is 110 Å². The van der Waals surface area contributed by atoms with E-state index in [1.807, 2.05) is 0 Å². The summed E-state index contributed by atoms with van der Waals surface area (Å²) in [7, 11) is -4.47. The summed E-state index contributed by atoms with van der Waals surface area (Å²) in [6, 6.07) is 8.59. The number of carbonyl (C=O) groups is 1. The molecular weight excluding hydrogens is 268 g/mol. The van der Waals surface area contributed by atoms with Gasteiger partial charge in [0.1, 0.15) is 10.6 Å². The summed E-state index contributed by atoms with van der Waals surface area (Å²) in [5.74, 6) is -0.511. The number of rotatable bonds is 3. The molecule has 0 unspecified atom stereocenters. The van der Waals surface area contributed by atoms with Gasteiger partial charge in [0.05, 0.1) is 5.69 Å².